The highest BCUT2D eigenvalue weighted by Gasteiger charge is 2.33. The molecule has 0 saturated carbocycles. The normalized spacial score (nSPS) is 15.3. The Morgan fingerprint density at radius 3 is 2.50 bits per heavy atom. The van der Waals surface area contributed by atoms with Crippen molar-refractivity contribution >= 4 is 34.3 Å². The number of nitrogens with zero attached hydrogens (tertiary/aromatic N) is 3. The molecule has 8 heteroatoms. The number of thiazole rings is 1. The van der Waals surface area contributed by atoms with Gasteiger partial charge < -0.3 is 9.30 Å². The van der Waals surface area contributed by atoms with Crippen LogP contribution in [0.25, 0.3) is 17.0 Å². The molecule has 6 rings (SSSR count). The summed E-state index contributed by atoms with van der Waals surface area (Å²) in [5.41, 5.74) is 4.96. The Kier molecular flexibility index (Phi) is 7.24. The number of rotatable bonds is 6. The molecule has 1 atom stereocenters. The second-order valence-electron chi connectivity index (χ2n) is 10.7. The minimum absolute atomic E-state index is 0.239. The van der Waals surface area contributed by atoms with Crippen LogP contribution in [0.1, 0.15) is 55.0 Å². The van der Waals surface area contributed by atoms with Gasteiger partial charge in [-0.15, -0.1) is 0 Å². The highest BCUT2D eigenvalue weighted by atomic mass is 32.1. The van der Waals surface area contributed by atoms with Crippen molar-refractivity contribution in [2.45, 2.75) is 39.3 Å². The van der Waals surface area contributed by atoms with Crippen LogP contribution in [0.15, 0.2) is 100 Å². The van der Waals surface area contributed by atoms with Gasteiger partial charge in [-0.25, -0.2) is 14.2 Å². The zero-order chi connectivity index (χ0) is 29.5. The quantitative estimate of drug-likeness (QED) is 0.244. The highest BCUT2D eigenvalue weighted by Crippen LogP contribution is 2.31. The summed E-state index contributed by atoms with van der Waals surface area (Å²) in [5, 5.41) is 0.951. The van der Waals surface area contributed by atoms with Gasteiger partial charge in [0.15, 0.2) is 4.80 Å². The van der Waals surface area contributed by atoms with E-state index in [1.807, 2.05) is 71.4 Å². The monoisotopic (exact) mass is 579 g/mol. The summed E-state index contributed by atoms with van der Waals surface area (Å²) < 4.78 is 23.7. The van der Waals surface area contributed by atoms with Gasteiger partial charge in [-0.2, -0.15) is 0 Å². The van der Waals surface area contributed by atoms with Crippen molar-refractivity contribution in [2.75, 3.05) is 7.11 Å². The van der Waals surface area contributed by atoms with E-state index in [0.717, 1.165) is 22.0 Å². The average molecular weight is 580 g/mol. The largest absolute Gasteiger partial charge is 0.466 e. The summed E-state index contributed by atoms with van der Waals surface area (Å²) in [7, 11) is 1.34. The van der Waals surface area contributed by atoms with Crippen molar-refractivity contribution in [3.8, 4) is 0 Å². The minimum atomic E-state index is -0.667. The van der Waals surface area contributed by atoms with Crippen molar-refractivity contribution in [3.63, 3.8) is 0 Å². The summed E-state index contributed by atoms with van der Waals surface area (Å²) >= 11 is 1.29. The lowest BCUT2D eigenvalue weighted by atomic mass is 9.93. The molecule has 42 heavy (non-hydrogen) atoms. The molecule has 0 spiro atoms. The maximum absolute atomic E-state index is 14.5. The van der Waals surface area contributed by atoms with E-state index in [0.29, 0.717) is 38.6 Å². The zero-order valence-electron chi connectivity index (χ0n) is 23.8. The van der Waals surface area contributed by atoms with Crippen LogP contribution in [0, 0.1) is 5.82 Å². The molecule has 5 aromatic rings. The van der Waals surface area contributed by atoms with Gasteiger partial charge in [-0.3, -0.25) is 9.36 Å². The molecular formula is C34H30FN3O3S. The van der Waals surface area contributed by atoms with E-state index in [-0.39, 0.29) is 11.4 Å². The van der Waals surface area contributed by atoms with E-state index in [9.17, 15) is 14.0 Å². The van der Waals surface area contributed by atoms with Crippen molar-refractivity contribution in [1.82, 2.24) is 9.13 Å². The maximum Gasteiger partial charge on any atom is 0.338 e. The molecular weight excluding hydrogens is 549 g/mol. The number of ether oxygens (including phenoxy) is 1. The molecule has 6 nitrogen and oxygen atoms in total. The molecule has 2 aromatic heterocycles. The van der Waals surface area contributed by atoms with Crippen LogP contribution in [0.2, 0.25) is 0 Å². The Bertz CT molecular complexity index is 2050. The molecule has 0 fully saturated rings. The van der Waals surface area contributed by atoms with Gasteiger partial charge in [-0.1, -0.05) is 85.8 Å². The summed E-state index contributed by atoms with van der Waals surface area (Å²) in [6.45, 7) is 6.37. The molecule has 212 valence electrons. The van der Waals surface area contributed by atoms with Crippen molar-refractivity contribution in [3.05, 3.63) is 138 Å². The van der Waals surface area contributed by atoms with Crippen LogP contribution in [0.5, 0.6) is 0 Å². The lowest BCUT2D eigenvalue weighted by molar-refractivity contribution is -0.136. The highest BCUT2D eigenvalue weighted by molar-refractivity contribution is 7.07. The van der Waals surface area contributed by atoms with E-state index in [1.165, 1.54) is 30.1 Å². The number of methoxy groups -OCH3 is 1. The van der Waals surface area contributed by atoms with Crippen molar-refractivity contribution < 1.29 is 13.9 Å². The molecule has 0 bridgehead atoms. The van der Waals surface area contributed by atoms with E-state index in [2.05, 4.69) is 18.8 Å². The maximum atomic E-state index is 14.5. The SMILES string of the molecule is COC(=O)C1=C(C)N=c2s/c(=C\c3cn(Cc4ccccc4F)c4ccccc34)c(=O)n2[C@H]1c1ccc(C(C)C)cc1. The summed E-state index contributed by atoms with van der Waals surface area (Å²) in [6.07, 6.45) is 3.81. The molecule has 0 aliphatic carbocycles. The third kappa shape index (κ3) is 4.81. The van der Waals surface area contributed by atoms with Crippen LogP contribution in [-0.2, 0) is 16.1 Å². The third-order valence-corrected chi connectivity index (χ3v) is 8.73. The van der Waals surface area contributed by atoms with Crippen molar-refractivity contribution in [2.24, 2.45) is 4.99 Å². The first-order valence-electron chi connectivity index (χ1n) is 13.8. The molecule has 0 radical (unpaired) electrons. The standard InChI is InChI=1S/C34H30FN3O3S/c1-20(2)22-13-15-23(16-14-22)31-30(33(40)41-4)21(3)36-34-38(31)32(39)29(42-34)17-25-19-37(28-12-8-6-10-26(25)28)18-24-9-5-7-11-27(24)35/h5-17,19-20,31H,18H2,1-4H3/b29-17-/t31-/m0/s1. The number of halogens is 1. The summed E-state index contributed by atoms with van der Waals surface area (Å²) in [4.78, 5) is 32.2. The molecule has 3 heterocycles. The second-order valence-corrected chi connectivity index (χ2v) is 11.7. The molecule has 1 aliphatic heterocycles. The van der Waals surface area contributed by atoms with Crippen LogP contribution in [0.3, 0.4) is 0 Å². The second kappa shape index (κ2) is 11.0. The number of aromatic nitrogens is 2. The number of fused-ring (bicyclic) bond motifs is 2. The van der Waals surface area contributed by atoms with Crippen LogP contribution >= 0.6 is 11.3 Å². The topological polar surface area (TPSA) is 65.6 Å². The van der Waals surface area contributed by atoms with Gasteiger partial charge in [0.1, 0.15) is 5.82 Å². The molecule has 0 unspecified atom stereocenters. The lowest BCUT2D eigenvalue weighted by Crippen LogP contribution is -2.39. The first kappa shape index (κ1) is 27.6. The van der Waals surface area contributed by atoms with Crippen LogP contribution in [0.4, 0.5) is 4.39 Å². The fourth-order valence-electron chi connectivity index (χ4n) is 5.54. The lowest BCUT2D eigenvalue weighted by Gasteiger charge is -2.24. The predicted octanol–water partition coefficient (Wildman–Crippen LogP) is 5.67. The number of esters is 1. The van der Waals surface area contributed by atoms with Gasteiger partial charge in [-0.05, 0) is 42.2 Å². The number of para-hydroxylation sites is 1. The Morgan fingerprint density at radius 2 is 1.79 bits per heavy atom. The molecule has 0 amide bonds. The Balaban J connectivity index is 1.51. The van der Waals surface area contributed by atoms with Crippen LogP contribution < -0.4 is 14.9 Å². The smallest absolute Gasteiger partial charge is 0.338 e. The number of benzene rings is 3. The Hall–Kier alpha value is -4.56. The van der Waals surface area contributed by atoms with Crippen molar-refractivity contribution in [1.29, 1.82) is 0 Å². The molecule has 3 aromatic carbocycles. The number of carbonyl (C=O) groups is 1. The van der Waals surface area contributed by atoms with Crippen LogP contribution in [-0.4, -0.2) is 22.2 Å². The number of carbonyl (C=O) groups excluding carboxylic acids is 1. The fourth-order valence-corrected chi connectivity index (χ4v) is 6.58. The van der Waals surface area contributed by atoms with E-state index < -0.39 is 12.0 Å². The summed E-state index contributed by atoms with van der Waals surface area (Å²) in [6, 6.07) is 21.9. The first-order valence-corrected chi connectivity index (χ1v) is 14.6. The molecule has 0 N–H and O–H groups in total. The van der Waals surface area contributed by atoms with Gasteiger partial charge in [0.05, 0.1) is 35.5 Å². The molecule has 1 aliphatic rings. The van der Waals surface area contributed by atoms with Gasteiger partial charge in [0, 0.05) is 28.2 Å². The predicted molar refractivity (Wildman–Crippen MR) is 164 cm³/mol. The third-order valence-electron chi connectivity index (χ3n) is 7.75. The van der Waals surface area contributed by atoms with Gasteiger partial charge in [0.2, 0.25) is 0 Å². The first-order chi connectivity index (χ1) is 20.3. The number of allylic oxidation sites excluding steroid dienone is 1. The fraction of sp³-hybridized carbons (Fsp3) is 0.206. The Labute approximate surface area is 246 Å². The summed E-state index contributed by atoms with van der Waals surface area (Å²) in [5.74, 6) is -0.429. The van der Waals surface area contributed by atoms with E-state index in [4.69, 9.17) is 4.74 Å². The molecule has 0 saturated heterocycles. The number of hydrogen-bond acceptors (Lipinski definition) is 5. The zero-order valence-corrected chi connectivity index (χ0v) is 24.6. The van der Waals surface area contributed by atoms with Gasteiger partial charge in [0.25, 0.3) is 5.56 Å². The Morgan fingerprint density at radius 1 is 1.07 bits per heavy atom. The number of hydrogen-bond donors (Lipinski definition) is 0. The average Bonchev–Trinajstić information content (AvgIpc) is 3.49. The van der Waals surface area contributed by atoms with E-state index in [1.54, 1.807) is 23.6 Å². The van der Waals surface area contributed by atoms with Gasteiger partial charge >= 0.3 is 5.97 Å². The minimum Gasteiger partial charge on any atom is -0.466 e. The van der Waals surface area contributed by atoms with E-state index >= 15 is 0 Å².